The Kier molecular flexibility index (Phi) is 3.42. The van der Waals surface area contributed by atoms with E-state index in [4.69, 9.17) is 10.8 Å². The number of carboxylic acid groups (broad SMARTS) is 1. The van der Waals surface area contributed by atoms with Crippen molar-refractivity contribution in [1.82, 2.24) is 24.8 Å². The minimum Gasteiger partial charge on any atom is -0.463 e. The second kappa shape index (κ2) is 5.75. The topological polar surface area (TPSA) is 112 Å². The molecule has 8 nitrogen and oxygen atoms in total. The number of hydrogen-bond acceptors (Lipinski definition) is 5. The van der Waals surface area contributed by atoms with Crippen LogP contribution < -0.4 is 5.73 Å². The number of anilines is 1. The first kappa shape index (κ1) is 14.9. The first-order valence-electron chi connectivity index (χ1n) is 7.58. The average Bonchev–Trinajstić information content (AvgIpc) is 3.20. The van der Waals surface area contributed by atoms with Gasteiger partial charge in [-0.25, -0.2) is 9.48 Å². The highest BCUT2D eigenvalue weighted by Crippen LogP contribution is 2.26. The monoisotopic (exact) mass is 334 g/mol. The summed E-state index contributed by atoms with van der Waals surface area (Å²) in [5.74, 6) is 0.163. The standard InChI is InChI=1S/C17H14N6O2/c18-16-13-8-12(6-7-15(13)23(20-16)17(24)25)14-10-22(21-19-14)9-11-4-2-1-3-5-11/h1-8,10H,9H2,(H2,18,20)(H,24,25). The largest absolute Gasteiger partial charge is 0.463 e. The van der Waals surface area contributed by atoms with Crippen LogP contribution in [0.25, 0.3) is 22.2 Å². The predicted octanol–water partition coefficient (Wildman–Crippen LogP) is 2.45. The van der Waals surface area contributed by atoms with Crippen molar-refractivity contribution in [3.05, 3.63) is 60.3 Å². The fourth-order valence-corrected chi connectivity index (χ4v) is 2.72. The van der Waals surface area contributed by atoms with Gasteiger partial charge >= 0.3 is 6.09 Å². The highest BCUT2D eigenvalue weighted by atomic mass is 16.4. The first-order chi connectivity index (χ1) is 12.1. The molecule has 124 valence electrons. The van der Waals surface area contributed by atoms with E-state index in [-0.39, 0.29) is 5.82 Å². The van der Waals surface area contributed by atoms with Crippen LogP contribution in [0.1, 0.15) is 5.56 Å². The normalized spacial score (nSPS) is 11.0. The van der Waals surface area contributed by atoms with Crippen molar-refractivity contribution in [3.8, 4) is 11.3 Å². The lowest BCUT2D eigenvalue weighted by Crippen LogP contribution is -2.09. The number of benzene rings is 2. The van der Waals surface area contributed by atoms with Crippen LogP contribution in [0.3, 0.4) is 0 Å². The molecule has 2 aromatic carbocycles. The summed E-state index contributed by atoms with van der Waals surface area (Å²) in [6.07, 6.45) is 0.662. The molecule has 0 bridgehead atoms. The molecule has 0 saturated heterocycles. The van der Waals surface area contributed by atoms with E-state index in [9.17, 15) is 4.79 Å². The Morgan fingerprint density at radius 3 is 2.72 bits per heavy atom. The predicted molar refractivity (Wildman–Crippen MR) is 92.1 cm³/mol. The van der Waals surface area contributed by atoms with Crippen molar-refractivity contribution >= 4 is 22.8 Å². The molecule has 4 aromatic rings. The van der Waals surface area contributed by atoms with Crippen molar-refractivity contribution < 1.29 is 9.90 Å². The number of aromatic nitrogens is 5. The van der Waals surface area contributed by atoms with Gasteiger partial charge in [-0.05, 0) is 17.7 Å². The van der Waals surface area contributed by atoms with Crippen molar-refractivity contribution in [2.75, 3.05) is 5.73 Å². The van der Waals surface area contributed by atoms with Crippen molar-refractivity contribution in [3.63, 3.8) is 0 Å². The summed E-state index contributed by atoms with van der Waals surface area (Å²) >= 11 is 0. The van der Waals surface area contributed by atoms with Gasteiger partial charge in [-0.15, -0.1) is 10.2 Å². The van der Waals surface area contributed by atoms with Crippen molar-refractivity contribution in [2.24, 2.45) is 0 Å². The fraction of sp³-hybridized carbons (Fsp3) is 0.0588. The molecule has 0 aliphatic rings. The van der Waals surface area contributed by atoms with Gasteiger partial charge in [-0.1, -0.05) is 41.6 Å². The van der Waals surface area contributed by atoms with Crippen LogP contribution in [-0.2, 0) is 6.54 Å². The van der Waals surface area contributed by atoms with Gasteiger partial charge in [0.1, 0.15) is 5.69 Å². The molecule has 0 amide bonds. The van der Waals surface area contributed by atoms with Crippen LogP contribution in [0, 0.1) is 0 Å². The van der Waals surface area contributed by atoms with Crippen LogP contribution in [-0.4, -0.2) is 36.0 Å². The van der Waals surface area contributed by atoms with E-state index < -0.39 is 6.09 Å². The number of nitrogens with zero attached hydrogens (tertiary/aromatic N) is 5. The third-order valence-corrected chi connectivity index (χ3v) is 3.91. The summed E-state index contributed by atoms with van der Waals surface area (Å²) in [4.78, 5) is 11.2. The highest BCUT2D eigenvalue weighted by Gasteiger charge is 2.14. The number of fused-ring (bicyclic) bond motifs is 1. The van der Waals surface area contributed by atoms with Crippen LogP contribution in [0.2, 0.25) is 0 Å². The number of hydrogen-bond donors (Lipinski definition) is 2. The summed E-state index contributed by atoms with van der Waals surface area (Å²) in [5, 5.41) is 21.9. The molecular formula is C17H14N6O2. The van der Waals surface area contributed by atoms with Gasteiger partial charge in [0, 0.05) is 10.9 Å². The van der Waals surface area contributed by atoms with Crippen molar-refractivity contribution in [2.45, 2.75) is 6.54 Å². The molecule has 0 atom stereocenters. The number of nitrogens with two attached hydrogens (primary N) is 1. The van der Waals surface area contributed by atoms with Crippen LogP contribution in [0.15, 0.2) is 54.7 Å². The Hall–Kier alpha value is -3.68. The molecule has 0 radical (unpaired) electrons. The number of carbonyl (C=O) groups is 1. The molecule has 2 aromatic heterocycles. The molecule has 8 heteroatoms. The van der Waals surface area contributed by atoms with Gasteiger partial charge < -0.3 is 10.8 Å². The maximum Gasteiger partial charge on any atom is 0.432 e. The third kappa shape index (κ3) is 2.69. The summed E-state index contributed by atoms with van der Waals surface area (Å²) < 4.78 is 2.61. The molecule has 4 rings (SSSR count). The molecule has 0 saturated carbocycles. The molecular weight excluding hydrogens is 320 g/mol. The molecule has 0 aliphatic carbocycles. The maximum atomic E-state index is 11.2. The van der Waals surface area contributed by atoms with E-state index in [2.05, 4.69) is 15.4 Å². The average molecular weight is 334 g/mol. The molecule has 25 heavy (non-hydrogen) atoms. The smallest absolute Gasteiger partial charge is 0.432 e. The molecule has 0 unspecified atom stereocenters. The summed E-state index contributed by atoms with van der Waals surface area (Å²) in [6.45, 7) is 0.620. The zero-order valence-electron chi connectivity index (χ0n) is 13.1. The van der Waals surface area contributed by atoms with E-state index in [0.29, 0.717) is 23.1 Å². The Morgan fingerprint density at radius 2 is 1.96 bits per heavy atom. The van der Waals surface area contributed by atoms with Gasteiger partial charge in [0.15, 0.2) is 5.82 Å². The minimum absolute atomic E-state index is 0.163. The second-order valence-corrected chi connectivity index (χ2v) is 5.60. The Morgan fingerprint density at radius 1 is 1.16 bits per heavy atom. The van der Waals surface area contributed by atoms with E-state index >= 15 is 0 Å². The minimum atomic E-state index is -1.18. The lowest BCUT2D eigenvalue weighted by Gasteiger charge is -2.00. The van der Waals surface area contributed by atoms with Gasteiger partial charge in [0.25, 0.3) is 0 Å². The van der Waals surface area contributed by atoms with Gasteiger partial charge in [0.05, 0.1) is 18.3 Å². The quantitative estimate of drug-likeness (QED) is 0.595. The summed E-state index contributed by atoms with van der Waals surface area (Å²) in [6, 6.07) is 15.2. The van der Waals surface area contributed by atoms with Crippen molar-refractivity contribution in [1.29, 1.82) is 0 Å². The molecule has 0 spiro atoms. The Labute approximate surface area is 142 Å². The second-order valence-electron chi connectivity index (χ2n) is 5.60. The SMILES string of the molecule is Nc1nn(C(=O)O)c2ccc(-c3cn(Cc4ccccc4)nn3)cc12. The van der Waals surface area contributed by atoms with E-state index in [1.807, 2.05) is 36.5 Å². The van der Waals surface area contributed by atoms with Crippen LogP contribution in [0.5, 0.6) is 0 Å². The molecule has 0 aliphatic heterocycles. The highest BCUT2D eigenvalue weighted by molar-refractivity contribution is 5.96. The number of nitrogen functional groups attached to an aromatic ring is 1. The van der Waals surface area contributed by atoms with Gasteiger partial charge in [0.2, 0.25) is 0 Å². The van der Waals surface area contributed by atoms with E-state index in [1.54, 1.807) is 22.9 Å². The number of rotatable bonds is 3. The third-order valence-electron chi connectivity index (χ3n) is 3.91. The zero-order chi connectivity index (χ0) is 17.4. The van der Waals surface area contributed by atoms with Gasteiger partial charge in [-0.2, -0.15) is 4.68 Å². The van der Waals surface area contributed by atoms with E-state index in [1.165, 1.54) is 0 Å². The van der Waals surface area contributed by atoms with Gasteiger partial charge in [-0.3, -0.25) is 0 Å². The lowest BCUT2D eigenvalue weighted by atomic mass is 10.1. The first-order valence-corrected chi connectivity index (χ1v) is 7.58. The lowest BCUT2D eigenvalue weighted by molar-refractivity contribution is 0.194. The molecule has 3 N–H and O–H groups in total. The Balaban J connectivity index is 1.68. The summed E-state index contributed by atoms with van der Waals surface area (Å²) in [7, 11) is 0. The Bertz CT molecular complexity index is 1070. The zero-order valence-corrected chi connectivity index (χ0v) is 13.1. The molecule has 0 fully saturated rings. The maximum absolute atomic E-state index is 11.2. The van der Waals surface area contributed by atoms with Crippen LogP contribution >= 0.6 is 0 Å². The molecule has 2 heterocycles. The summed E-state index contributed by atoms with van der Waals surface area (Å²) in [5.41, 5.74) is 8.87. The fourth-order valence-electron chi connectivity index (χ4n) is 2.72. The van der Waals surface area contributed by atoms with Crippen LogP contribution in [0.4, 0.5) is 10.6 Å². The van der Waals surface area contributed by atoms with E-state index in [0.717, 1.165) is 15.8 Å².